The minimum Gasteiger partial charge on any atom is -0.481 e. The third-order valence-corrected chi connectivity index (χ3v) is 3.03. The van der Waals surface area contributed by atoms with E-state index in [1.807, 2.05) is 24.3 Å². The Labute approximate surface area is 106 Å². The quantitative estimate of drug-likeness (QED) is 0.940. The number of aryl methyl sites for hydroxylation is 1. The average molecular weight is 296 g/mol. The van der Waals surface area contributed by atoms with E-state index in [4.69, 9.17) is 5.11 Å². The number of nitrogens with zero attached hydrogens (tertiary/aromatic N) is 3. The predicted octanol–water partition coefficient (Wildman–Crippen LogP) is 1.97. The number of aliphatic carboxylic acids is 1. The number of para-hydroxylation sites is 1. The lowest BCUT2D eigenvalue weighted by Gasteiger charge is -2.06. The van der Waals surface area contributed by atoms with Gasteiger partial charge < -0.3 is 5.11 Å². The Morgan fingerprint density at radius 3 is 2.82 bits per heavy atom. The molecule has 0 saturated heterocycles. The van der Waals surface area contributed by atoms with Gasteiger partial charge in [-0.05, 0) is 35.0 Å². The van der Waals surface area contributed by atoms with E-state index in [1.165, 1.54) is 0 Å². The number of carboxylic acids is 1. The highest BCUT2D eigenvalue weighted by molar-refractivity contribution is 9.10. The van der Waals surface area contributed by atoms with Crippen molar-refractivity contribution in [1.82, 2.24) is 15.0 Å². The van der Waals surface area contributed by atoms with Crippen LogP contribution in [0.25, 0.3) is 5.69 Å². The van der Waals surface area contributed by atoms with E-state index in [2.05, 4.69) is 26.2 Å². The number of halogens is 1. The van der Waals surface area contributed by atoms with Gasteiger partial charge in [0, 0.05) is 4.47 Å². The van der Waals surface area contributed by atoms with Crippen LogP contribution < -0.4 is 0 Å². The molecular formula is C11H10BrN3O2. The van der Waals surface area contributed by atoms with Gasteiger partial charge in [-0.15, -0.1) is 5.10 Å². The number of rotatable bonds is 3. The first-order valence-corrected chi connectivity index (χ1v) is 5.76. The molecule has 0 bridgehead atoms. The fourth-order valence-electron chi connectivity index (χ4n) is 1.54. The Morgan fingerprint density at radius 1 is 1.47 bits per heavy atom. The van der Waals surface area contributed by atoms with E-state index in [0.717, 1.165) is 10.2 Å². The summed E-state index contributed by atoms with van der Waals surface area (Å²) < 4.78 is 2.39. The van der Waals surface area contributed by atoms with Crippen LogP contribution in [0.3, 0.4) is 0 Å². The van der Waals surface area contributed by atoms with Gasteiger partial charge in [0.25, 0.3) is 0 Å². The second kappa shape index (κ2) is 4.67. The molecule has 6 heteroatoms. The van der Waals surface area contributed by atoms with Gasteiger partial charge in [0.1, 0.15) is 0 Å². The Balaban J connectivity index is 2.53. The van der Waals surface area contributed by atoms with Gasteiger partial charge in [-0.3, -0.25) is 4.79 Å². The summed E-state index contributed by atoms with van der Waals surface area (Å²) in [5.41, 5.74) is 2.00. The molecule has 1 aromatic carbocycles. The van der Waals surface area contributed by atoms with Crippen LogP contribution in [-0.2, 0) is 11.2 Å². The highest BCUT2D eigenvalue weighted by atomic mass is 79.9. The van der Waals surface area contributed by atoms with E-state index in [1.54, 1.807) is 11.6 Å². The summed E-state index contributed by atoms with van der Waals surface area (Å²) in [5, 5.41) is 16.8. The number of aromatic nitrogens is 3. The minimum absolute atomic E-state index is 0.0971. The number of carboxylic acid groups (broad SMARTS) is 1. The molecule has 0 aliphatic rings. The first-order valence-electron chi connectivity index (χ1n) is 4.97. The summed E-state index contributed by atoms with van der Waals surface area (Å²) in [5.74, 6) is -0.899. The summed E-state index contributed by atoms with van der Waals surface area (Å²) in [6.07, 6.45) is -0.0971. The molecule has 1 heterocycles. The second-order valence-corrected chi connectivity index (χ2v) is 4.41. The lowest BCUT2D eigenvalue weighted by Crippen LogP contribution is -2.09. The monoisotopic (exact) mass is 295 g/mol. The molecular weight excluding hydrogens is 286 g/mol. The van der Waals surface area contributed by atoms with Crippen LogP contribution in [0.4, 0.5) is 0 Å². The molecule has 0 aliphatic carbocycles. The molecule has 0 radical (unpaired) electrons. The van der Waals surface area contributed by atoms with Gasteiger partial charge in [-0.1, -0.05) is 17.3 Å². The molecule has 2 aromatic rings. The minimum atomic E-state index is -0.899. The molecule has 5 nitrogen and oxygen atoms in total. The van der Waals surface area contributed by atoms with Crippen LogP contribution in [0.2, 0.25) is 0 Å². The lowest BCUT2D eigenvalue weighted by atomic mass is 10.2. The summed E-state index contributed by atoms with van der Waals surface area (Å²) in [6, 6.07) is 7.47. The lowest BCUT2D eigenvalue weighted by molar-refractivity contribution is -0.136. The van der Waals surface area contributed by atoms with Crippen molar-refractivity contribution in [1.29, 1.82) is 0 Å². The molecule has 0 saturated carbocycles. The van der Waals surface area contributed by atoms with Gasteiger partial charge in [0.2, 0.25) is 0 Å². The zero-order valence-corrected chi connectivity index (χ0v) is 10.7. The van der Waals surface area contributed by atoms with Crippen molar-refractivity contribution in [3.05, 3.63) is 40.1 Å². The first kappa shape index (κ1) is 11.8. The van der Waals surface area contributed by atoms with Crippen LogP contribution in [0.15, 0.2) is 28.7 Å². The summed E-state index contributed by atoms with van der Waals surface area (Å²) in [6.45, 7) is 1.75. The molecule has 17 heavy (non-hydrogen) atoms. The van der Waals surface area contributed by atoms with Crippen molar-refractivity contribution in [2.75, 3.05) is 0 Å². The van der Waals surface area contributed by atoms with Gasteiger partial charge in [-0.25, -0.2) is 4.68 Å². The Bertz CT molecular complexity index is 566. The molecule has 0 aliphatic heterocycles. The van der Waals surface area contributed by atoms with Crippen LogP contribution in [0.1, 0.15) is 11.4 Å². The predicted molar refractivity (Wildman–Crippen MR) is 65.1 cm³/mol. The number of hydrogen-bond acceptors (Lipinski definition) is 3. The molecule has 0 atom stereocenters. The van der Waals surface area contributed by atoms with Gasteiger partial charge in [0.15, 0.2) is 0 Å². The van der Waals surface area contributed by atoms with Crippen LogP contribution in [0.5, 0.6) is 0 Å². The Hall–Kier alpha value is -1.69. The maximum Gasteiger partial charge on any atom is 0.309 e. The van der Waals surface area contributed by atoms with Crippen molar-refractivity contribution >= 4 is 21.9 Å². The van der Waals surface area contributed by atoms with Gasteiger partial charge in [-0.2, -0.15) is 0 Å². The molecule has 0 unspecified atom stereocenters. The van der Waals surface area contributed by atoms with Gasteiger partial charge in [0.05, 0.1) is 23.5 Å². The SMILES string of the molecule is Cc1nnn(-c2ccccc2Br)c1CC(=O)O. The smallest absolute Gasteiger partial charge is 0.309 e. The zero-order chi connectivity index (χ0) is 12.4. The summed E-state index contributed by atoms with van der Waals surface area (Å²) in [4.78, 5) is 10.8. The molecule has 1 N–H and O–H groups in total. The zero-order valence-electron chi connectivity index (χ0n) is 9.09. The highest BCUT2D eigenvalue weighted by Crippen LogP contribution is 2.22. The molecule has 0 amide bonds. The molecule has 88 valence electrons. The van der Waals surface area contributed by atoms with Crippen molar-refractivity contribution < 1.29 is 9.90 Å². The van der Waals surface area contributed by atoms with Crippen molar-refractivity contribution in [3.8, 4) is 5.69 Å². The topological polar surface area (TPSA) is 68.0 Å². The number of benzene rings is 1. The van der Waals surface area contributed by atoms with Gasteiger partial charge >= 0.3 is 5.97 Å². The first-order chi connectivity index (χ1) is 8.09. The highest BCUT2D eigenvalue weighted by Gasteiger charge is 2.15. The summed E-state index contributed by atoms with van der Waals surface area (Å²) >= 11 is 3.41. The Morgan fingerprint density at radius 2 is 2.18 bits per heavy atom. The van der Waals surface area contributed by atoms with Crippen molar-refractivity contribution in [3.63, 3.8) is 0 Å². The maximum absolute atomic E-state index is 10.8. The van der Waals surface area contributed by atoms with E-state index in [9.17, 15) is 4.79 Å². The van der Waals surface area contributed by atoms with Crippen molar-refractivity contribution in [2.24, 2.45) is 0 Å². The van der Waals surface area contributed by atoms with Crippen LogP contribution in [0, 0.1) is 6.92 Å². The Kier molecular flexibility index (Phi) is 3.23. The summed E-state index contributed by atoms with van der Waals surface area (Å²) in [7, 11) is 0. The normalized spacial score (nSPS) is 10.5. The third-order valence-electron chi connectivity index (χ3n) is 2.36. The number of hydrogen-bond donors (Lipinski definition) is 1. The van der Waals surface area contributed by atoms with Crippen LogP contribution in [-0.4, -0.2) is 26.1 Å². The maximum atomic E-state index is 10.8. The van der Waals surface area contributed by atoms with E-state index in [0.29, 0.717) is 11.4 Å². The molecule has 0 spiro atoms. The van der Waals surface area contributed by atoms with Crippen molar-refractivity contribution in [2.45, 2.75) is 13.3 Å². The van der Waals surface area contributed by atoms with Crippen LogP contribution >= 0.6 is 15.9 Å². The van der Waals surface area contributed by atoms with E-state index < -0.39 is 5.97 Å². The third kappa shape index (κ3) is 2.36. The molecule has 0 fully saturated rings. The molecule has 1 aromatic heterocycles. The van der Waals surface area contributed by atoms with E-state index >= 15 is 0 Å². The largest absolute Gasteiger partial charge is 0.481 e. The van der Waals surface area contributed by atoms with E-state index in [-0.39, 0.29) is 6.42 Å². The second-order valence-electron chi connectivity index (χ2n) is 3.56. The fourth-order valence-corrected chi connectivity index (χ4v) is 1.99. The molecule has 2 rings (SSSR count). The number of carbonyl (C=O) groups is 1. The fraction of sp³-hybridized carbons (Fsp3) is 0.182. The average Bonchev–Trinajstić information content (AvgIpc) is 2.61. The standard InChI is InChI=1S/C11H10BrN3O2/c1-7-10(6-11(16)17)15(14-13-7)9-5-3-2-4-8(9)12/h2-5H,6H2,1H3,(H,16,17).